The second kappa shape index (κ2) is 13.1. The van der Waals surface area contributed by atoms with Gasteiger partial charge in [-0.1, -0.05) is 96.1 Å². The first kappa shape index (κ1) is 32.2. The van der Waals surface area contributed by atoms with Gasteiger partial charge in [0.25, 0.3) is 0 Å². The average Bonchev–Trinajstić information content (AvgIpc) is 3.63. The van der Waals surface area contributed by atoms with Gasteiger partial charge in [-0.05, 0) is 128 Å². The first-order valence-electron chi connectivity index (χ1n) is 18.1. The maximum absolute atomic E-state index is 5.02. The molecule has 0 aliphatic heterocycles. The highest BCUT2D eigenvalue weighted by molar-refractivity contribution is 6.02. The molecule has 256 valence electrons. The highest BCUT2D eigenvalue weighted by Gasteiger charge is 2.19. The largest absolute Gasteiger partial charge is 0.310 e. The summed E-state index contributed by atoms with van der Waals surface area (Å²) in [6.07, 6.45) is 0. The van der Waals surface area contributed by atoms with E-state index >= 15 is 0 Å². The molecule has 0 unspecified atom stereocenters. The van der Waals surface area contributed by atoms with Crippen LogP contribution in [-0.4, -0.2) is 15.0 Å². The third kappa shape index (κ3) is 5.86. The average molecular weight is 686 g/mol. The number of fused-ring (bicyclic) bond motifs is 3. The van der Waals surface area contributed by atoms with Crippen LogP contribution in [0.5, 0.6) is 0 Å². The maximum atomic E-state index is 5.02. The van der Waals surface area contributed by atoms with E-state index in [1.165, 1.54) is 43.8 Å². The lowest BCUT2D eigenvalue weighted by Gasteiger charge is -2.27. The number of hydrogen-bond donors (Lipinski definition) is 0. The van der Waals surface area contributed by atoms with Crippen molar-refractivity contribution in [2.45, 2.75) is 27.7 Å². The van der Waals surface area contributed by atoms with E-state index in [0.29, 0.717) is 0 Å². The molecule has 8 aromatic carbocycles. The summed E-state index contributed by atoms with van der Waals surface area (Å²) in [5.41, 5.74) is 14.1. The lowest BCUT2D eigenvalue weighted by molar-refractivity contribution is 0.766. The summed E-state index contributed by atoms with van der Waals surface area (Å²) >= 11 is 0. The topological polar surface area (TPSA) is 37.2 Å². The minimum atomic E-state index is 0.826. The summed E-state index contributed by atoms with van der Waals surface area (Å²) in [6, 6.07) is 58.4. The normalized spacial score (nSPS) is 11.4. The number of aromatic nitrogens is 3. The molecule has 0 aliphatic rings. The molecule has 0 saturated heterocycles. The van der Waals surface area contributed by atoms with Gasteiger partial charge in [-0.25, -0.2) is 0 Å². The molecular weight excluding hydrogens is 647 g/mol. The van der Waals surface area contributed by atoms with Crippen LogP contribution >= 0.6 is 0 Å². The van der Waals surface area contributed by atoms with Crippen LogP contribution < -0.4 is 9.80 Å². The first-order valence-corrected chi connectivity index (χ1v) is 18.1. The van der Waals surface area contributed by atoms with Crippen LogP contribution in [0.25, 0.3) is 38.3 Å². The number of rotatable bonds is 7. The highest BCUT2D eigenvalue weighted by atomic mass is 15.5. The second-order valence-corrected chi connectivity index (χ2v) is 13.9. The minimum absolute atomic E-state index is 0.826. The van der Waals surface area contributed by atoms with Crippen LogP contribution in [-0.2, 0) is 0 Å². The van der Waals surface area contributed by atoms with E-state index < -0.39 is 0 Å². The molecule has 0 amide bonds. The molecule has 0 atom stereocenters. The van der Waals surface area contributed by atoms with E-state index in [9.17, 15) is 0 Å². The molecule has 0 saturated carbocycles. The molecule has 53 heavy (non-hydrogen) atoms. The Morgan fingerprint density at radius 2 is 0.792 bits per heavy atom. The predicted octanol–water partition coefficient (Wildman–Crippen LogP) is 12.9. The van der Waals surface area contributed by atoms with Crippen LogP contribution in [0.2, 0.25) is 0 Å². The fourth-order valence-electron chi connectivity index (χ4n) is 7.39. The Labute approximate surface area is 310 Å². The Kier molecular flexibility index (Phi) is 7.97. The van der Waals surface area contributed by atoms with E-state index in [4.69, 9.17) is 10.2 Å². The molecule has 0 bridgehead atoms. The Bertz CT molecular complexity index is 2760. The fourth-order valence-corrected chi connectivity index (χ4v) is 7.39. The molecule has 5 nitrogen and oxygen atoms in total. The van der Waals surface area contributed by atoms with Gasteiger partial charge in [0.05, 0.1) is 17.1 Å². The molecule has 0 radical (unpaired) electrons. The van der Waals surface area contributed by atoms with Crippen molar-refractivity contribution in [1.82, 2.24) is 15.0 Å². The highest BCUT2D eigenvalue weighted by Crippen LogP contribution is 2.42. The summed E-state index contributed by atoms with van der Waals surface area (Å²) < 4.78 is 0. The van der Waals surface area contributed by atoms with Crippen LogP contribution in [0.15, 0.2) is 164 Å². The summed E-state index contributed by atoms with van der Waals surface area (Å²) in [5, 5.41) is 14.9. The molecule has 0 fully saturated rings. The standard InChI is InChI=1S/C48H39N5/c1-32-13-19-36(20-14-32)51(47-29-17-34(3)41-9-5-7-11-43(41)47)38-23-25-39(26-24-38)53-49-45-28-27-40(31-46(45)50-53)52(37-21-15-33(2)16-22-37)48-30-18-35(4)42-10-6-8-12-44(42)48/h5-31H,1-4H3. The zero-order chi connectivity index (χ0) is 36.1. The van der Waals surface area contributed by atoms with Crippen LogP contribution in [0, 0.1) is 27.7 Å². The van der Waals surface area contributed by atoms with Crippen molar-refractivity contribution in [2.24, 2.45) is 0 Å². The molecule has 1 aromatic heterocycles. The molecule has 9 rings (SSSR count). The zero-order valence-corrected chi connectivity index (χ0v) is 30.3. The molecule has 0 spiro atoms. The van der Waals surface area contributed by atoms with Crippen LogP contribution in [0.1, 0.15) is 22.3 Å². The van der Waals surface area contributed by atoms with Gasteiger partial charge in [-0.15, -0.1) is 10.2 Å². The van der Waals surface area contributed by atoms with Gasteiger partial charge in [0, 0.05) is 33.5 Å². The summed E-state index contributed by atoms with van der Waals surface area (Å²) in [5.74, 6) is 0. The zero-order valence-electron chi connectivity index (χ0n) is 30.3. The third-order valence-electron chi connectivity index (χ3n) is 10.3. The first-order chi connectivity index (χ1) is 25.9. The Hall–Kier alpha value is -6.72. The second-order valence-electron chi connectivity index (χ2n) is 13.9. The van der Waals surface area contributed by atoms with E-state index in [-0.39, 0.29) is 0 Å². The monoisotopic (exact) mass is 685 g/mol. The third-order valence-corrected chi connectivity index (χ3v) is 10.3. The lowest BCUT2D eigenvalue weighted by atomic mass is 10.0. The number of hydrogen-bond acceptors (Lipinski definition) is 4. The van der Waals surface area contributed by atoms with Gasteiger partial charge in [0.1, 0.15) is 11.0 Å². The van der Waals surface area contributed by atoms with Gasteiger partial charge in [0.15, 0.2) is 0 Å². The van der Waals surface area contributed by atoms with Crippen LogP contribution in [0.3, 0.4) is 0 Å². The van der Waals surface area contributed by atoms with Crippen molar-refractivity contribution in [3.63, 3.8) is 0 Å². The molecular formula is C48H39N5. The smallest absolute Gasteiger partial charge is 0.115 e. The van der Waals surface area contributed by atoms with Crippen molar-refractivity contribution in [1.29, 1.82) is 0 Å². The number of nitrogens with zero attached hydrogens (tertiary/aromatic N) is 5. The van der Waals surface area contributed by atoms with E-state index in [1.807, 2.05) is 0 Å². The van der Waals surface area contributed by atoms with Crippen molar-refractivity contribution < 1.29 is 0 Å². The van der Waals surface area contributed by atoms with Crippen molar-refractivity contribution in [3.05, 3.63) is 186 Å². The van der Waals surface area contributed by atoms with E-state index in [1.54, 1.807) is 4.80 Å². The summed E-state index contributed by atoms with van der Waals surface area (Å²) in [6.45, 7) is 8.59. The molecule has 5 heteroatoms. The van der Waals surface area contributed by atoms with Crippen molar-refractivity contribution in [2.75, 3.05) is 9.80 Å². The van der Waals surface area contributed by atoms with Gasteiger partial charge in [-0.2, -0.15) is 4.80 Å². The number of benzene rings is 8. The Morgan fingerprint density at radius 1 is 0.377 bits per heavy atom. The molecule has 9 aromatic rings. The SMILES string of the molecule is Cc1ccc(N(c2ccc(-n3nc4ccc(N(c5ccc(C)cc5)c5ccc(C)c6ccccc56)cc4n3)cc2)c2ccc(C)c3ccccc23)cc1. The Morgan fingerprint density at radius 3 is 1.30 bits per heavy atom. The van der Waals surface area contributed by atoms with Crippen molar-refractivity contribution >= 4 is 66.7 Å². The quantitative estimate of drug-likeness (QED) is 0.167. The summed E-state index contributed by atoms with van der Waals surface area (Å²) in [4.78, 5) is 6.40. The van der Waals surface area contributed by atoms with Gasteiger partial charge in [-0.3, -0.25) is 0 Å². The Balaban J connectivity index is 1.11. The number of anilines is 6. The minimum Gasteiger partial charge on any atom is -0.310 e. The molecule has 0 N–H and O–H groups in total. The number of aryl methyl sites for hydroxylation is 4. The van der Waals surface area contributed by atoms with Crippen molar-refractivity contribution in [3.8, 4) is 5.69 Å². The predicted molar refractivity (Wildman–Crippen MR) is 222 cm³/mol. The van der Waals surface area contributed by atoms with E-state index in [2.05, 4.69) is 201 Å². The molecule has 1 heterocycles. The van der Waals surface area contributed by atoms with E-state index in [0.717, 1.165) is 50.8 Å². The van der Waals surface area contributed by atoms with Gasteiger partial charge in [0.2, 0.25) is 0 Å². The van der Waals surface area contributed by atoms with Gasteiger partial charge >= 0.3 is 0 Å². The summed E-state index contributed by atoms with van der Waals surface area (Å²) in [7, 11) is 0. The van der Waals surface area contributed by atoms with Gasteiger partial charge < -0.3 is 9.80 Å². The molecule has 0 aliphatic carbocycles. The maximum Gasteiger partial charge on any atom is 0.115 e. The lowest BCUT2D eigenvalue weighted by Crippen LogP contribution is -2.11. The fraction of sp³-hybridized carbons (Fsp3) is 0.0833. The van der Waals surface area contributed by atoms with Crippen LogP contribution in [0.4, 0.5) is 34.1 Å².